The van der Waals surface area contributed by atoms with Crippen LogP contribution in [-0.2, 0) is 13.1 Å². The molecular formula is C20H21Cl2N3O2. The molecule has 0 aliphatic carbocycles. The molecule has 1 aromatic heterocycles. The topological polar surface area (TPSA) is 65.2 Å². The zero-order valence-corrected chi connectivity index (χ0v) is 16.7. The second-order valence-corrected chi connectivity index (χ2v) is 6.89. The predicted octanol–water partition coefficient (Wildman–Crippen LogP) is 3.59. The van der Waals surface area contributed by atoms with E-state index in [2.05, 4.69) is 15.2 Å². The van der Waals surface area contributed by atoms with Crippen molar-refractivity contribution in [1.29, 1.82) is 0 Å². The number of hydrogen-bond donors (Lipinski definition) is 2. The summed E-state index contributed by atoms with van der Waals surface area (Å²) in [4.78, 5) is 30.0. The van der Waals surface area contributed by atoms with Gasteiger partial charge in [0.15, 0.2) is 0 Å². The first-order chi connectivity index (χ1) is 12.4. The van der Waals surface area contributed by atoms with Gasteiger partial charge < -0.3 is 15.2 Å². The smallest absolute Gasteiger partial charge is 0.257 e. The van der Waals surface area contributed by atoms with Gasteiger partial charge in [0.25, 0.3) is 5.91 Å². The van der Waals surface area contributed by atoms with Crippen LogP contribution in [0.15, 0.2) is 53.5 Å². The lowest BCUT2D eigenvalue weighted by Gasteiger charge is -2.10. The number of nitrogens with one attached hydrogen (secondary N) is 2. The van der Waals surface area contributed by atoms with Crippen molar-refractivity contribution >= 4 is 40.8 Å². The van der Waals surface area contributed by atoms with Crippen LogP contribution < -0.4 is 10.7 Å². The number of halogens is 2. The van der Waals surface area contributed by atoms with Crippen LogP contribution in [0.1, 0.15) is 21.5 Å². The van der Waals surface area contributed by atoms with Gasteiger partial charge in [-0.15, -0.1) is 12.4 Å². The van der Waals surface area contributed by atoms with Crippen LogP contribution in [0, 0.1) is 0 Å². The van der Waals surface area contributed by atoms with Crippen LogP contribution in [0.25, 0.3) is 10.9 Å². The van der Waals surface area contributed by atoms with E-state index >= 15 is 0 Å². The molecule has 27 heavy (non-hydrogen) atoms. The molecular weight excluding hydrogens is 385 g/mol. The molecule has 3 aromatic rings. The molecule has 0 saturated carbocycles. The summed E-state index contributed by atoms with van der Waals surface area (Å²) in [5.41, 5.74) is 2.56. The molecule has 1 amide bonds. The minimum Gasteiger partial charge on any atom is -0.360 e. The normalized spacial score (nSPS) is 10.7. The standard InChI is InChI=1S/C20H20ClN3O2.ClH/c1-24(2)12-14-5-3-13(4-6-14)10-23-20(26)17-11-22-18-8-7-15(21)9-16(18)19(17)25;/h3-9,11H,10,12H2,1-2H3,(H,22,25)(H,23,26);1H. The number of nitrogens with zero attached hydrogens (tertiary/aromatic N) is 1. The van der Waals surface area contributed by atoms with Crippen molar-refractivity contribution in [3.05, 3.63) is 80.6 Å². The maximum atomic E-state index is 12.5. The van der Waals surface area contributed by atoms with Gasteiger partial charge in [-0.25, -0.2) is 0 Å². The number of carbonyl (C=O) groups excluding carboxylic acids is 1. The second-order valence-electron chi connectivity index (χ2n) is 6.46. The third-order valence-electron chi connectivity index (χ3n) is 4.06. The highest BCUT2D eigenvalue weighted by Gasteiger charge is 2.13. The van der Waals surface area contributed by atoms with Crippen LogP contribution in [0.4, 0.5) is 0 Å². The molecule has 0 atom stereocenters. The number of H-pyrrole nitrogens is 1. The minimum absolute atomic E-state index is 0. The largest absolute Gasteiger partial charge is 0.360 e. The van der Waals surface area contributed by atoms with Crippen molar-refractivity contribution in [3.63, 3.8) is 0 Å². The number of aromatic nitrogens is 1. The van der Waals surface area contributed by atoms with Crippen LogP contribution >= 0.6 is 24.0 Å². The molecule has 0 aliphatic heterocycles. The maximum absolute atomic E-state index is 12.5. The van der Waals surface area contributed by atoms with E-state index < -0.39 is 5.91 Å². The summed E-state index contributed by atoms with van der Waals surface area (Å²) >= 11 is 5.95. The minimum atomic E-state index is -0.412. The summed E-state index contributed by atoms with van der Waals surface area (Å²) in [7, 11) is 4.03. The number of pyridine rings is 1. The van der Waals surface area contributed by atoms with Gasteiger partial charge in [0.2, 0.25) is 5.43 Å². The molecule has 0 aliphatic rings. The molecule has 0 fully saturated rings. The fraction of sp³-hybridized carbons (Fsp3) is 0.200. The number of rotatable bonds is 5. The lowest BCUT2D eigenvalue weighted by molar-refractivity contribution is 0.0949. The van der Waals surface area contributed by atoms with Gasteiger partial charge in [0.05, 0.1) is 0 Å². The summed E-state index contributed by atoms with van der Waals surface area (Å²) in [6, 6.07) is 13.0. The molecule has 0 bridgehead atoms. The van der Waals surface area contributed by atoms with E-state index in [4.69, 9.17) is 11.6 Å². The average Bonchev–Trinajstić information content (AvgIpc) is 2.61. The molecule has 142 valence electrons. The molecule has 2 aromatic carbocycles. The summed E-state index contributed by atoms with van der Waals surface area (Å²) in [5.74, 6) is -0.412. The monoisotopic (exact) mass is 405 g/mol. The van der Waals surface area contributed by atoms with Crippen molar-refractivity contribution in [2.45, 2.75) is 13.1 Å². The summed E-state index contributed by atoms with van der Waals surface area (Å²) < 4.78 is 0. The molecule has 7 heteroatoms. The first-order valence-corrected chi connectivity index (χ1v) is 8.63. The molecule has 0 radical (unpaired) electrons. The van der Waals surface area contributed by atoms with Crippen LogP contribution in [0.2, 0.25) is 5.02 Å². The Labute approximate surface area is 168 Å². The zero-order chi connectivity index (χ0) is 18.7. The highest BCUT2D eigenvalue weighted by molar-refractivity contribution is 6.31. The summed E-state index contributed by atoms with van der Waals surface area (Å²) in [5, 5.41) is 3.65. The number of carbonyl (C=O) groups is 1. The van der Waals surface area contributed by atoms with Gasteiger partial charge in [0.1, 0.15) is 5.56 Å². The molecule has 1 heterocycles. The molecule has 3 rings (SSSR count). The van der Waals surface area contributed by atoms with Crippen molar-refractivity contribution in [3.8, 4) is 0 Å². The number of hydrogen-bond acceptors (Lipinski definition) is 3. The highest BCUT2D eigenvalue weighted by atomic mass is 35.5. The van der Waals surface area contributed by atoms with E-state index in [0.717, 1.165) is 12.1 Å². The van der Waals surface area contributed by atoms with Gasteiger partial charge in [-0.1, -0.05) is 35.9 Å². The summed E-state index contributed by atoms with van der Waals surface area (Å²) in [6.45, 7) is 1.22. The van der Waals surface area contributed by atoms with Gasteiger partial charge in [-0.3, -0.25) is 9.59 Å². The predicted molar refractivity (Wildman–Crippen MR) is 112 cm³/mol. The number of benzene rings is 2. The third kappa shape index (κ3) is 5.10. The molecule has 2 N–H and O–H groups in total. The zero-order valence-electron chi connectivity index (χ0n) is 15.1. The van der Waals surface area contributed by atoms with Gasteiger partial charge in [0, 0.05) is 35.2 Å². The number of amides is 1. The molecule has 0 spiro atoms. The Morgan fingerprint density at radius 3 is 2.44 bits per heavy atom. The van der Waals surface area contributed by atoms with E-state index in [9.17, 15) is 9.59 Å². The number of fused-ring (bicyclic) bond motifs is 1. The van der Waals surface area contributed by atoms with E-state index in [1.807, 2.05) is 38.4 Å². The lowest BCUT2D eigenvalue weighted by atomic mass is 10.1. The highest BCUT2D eigenvalue weighted by Crippen LogP contribution is 2.15. The second kappa shape index (κ2) is 9.04. The van der Waals surface area contributed by atoms with E-state index in [1.54, 1.807) is 18.2 Å². The fourth-order valence-corrected chi connectivity index (χ4v) is 2.94. The fourth-order valence-electron chi connectivity index (χ4n) is 2.76. The maximum Gasteiger partial charge on any atom is 0.257 e. The first-order valence-electron chi connectivity index (χ1n) is 8.26. The SMILES string of the molecule is CN(C)Cc1ccc(CNC(=O)c2c[nH]c3ccc(Cl)cc3c2=O)cc1.Cl. The van der Waals surface area contributed by atoms with E-state index in [1.165, 1.54) is 11.8 Å². The van der Waals surface area contributed by atoms with Gasteiger partial charge in [-0.05, 0) is 43.4 Å². The van der Waals surface area contributed by atoms with E-state index in [0.29, 0.717) is 22.5 Å². The Morgan fingerprint density at radius 2 is 1.78 bits per heavy atom. The van der Waals surface area contributed by atoms with Crippen molar-refractivity contribution in [2.24, 2.45) is 0 Å². The Bertz CT molecular complexity index is 998. The van der Waals surface area contributed by atoms with Crippen LogP contribution in [0.3, 0.4) is 0 Å². The average molecular weight is 406 g/mol. The van der Waals surface area contributed by atoms with Crippen molar-refractivity contribution in [1.82, 2.24) is 15.2 Å². The molecule has 0 saturated heterocycles. The van der Waals surface area contributed by atoms with Crippen molar-refractivity contribution in [2.75, 3.05) is 14.1 Å². The summed E-state index contributed by atoms with van der Waals surface area (Å²) in [6.07, 6.45) is 1.44. The van der Waals surface area contributed by atoms with Crippen LogP contribution in [0.5, 0.6) is 0 Å². The van der Waals surface area contributed by atoms with E-state index in [-0.39, 0.29) is 23.4 Å². The lowest BCUT2D eigenvalue weighted by Crippen LogP contribution is -2.28. The van der Waals surface area contributed by atoms with Gasteiger partial charge in [-0.2, -0.15) is 0 Å². The third-order valence-corrected chi connectivity index (χ3v) is 4.30. The van der Waals surface area contributed by atoms with Crippen LogP contribution in [-0.4, -0.2) is 29.9 Å². The quantitative estimate of drug-likeness (QED) is 0.681. The molecule has 5 nitrogen and oxygen atoms in total. The Kier molecular flexibility index (Phi) is 7.02. The van der Waals surface area contributed by atoms with Gasteiger partial charge >= 0.3 is 0 Å². The Morgan fingerprint density at radius 1 is 1.11 bits per heavy atom. The number of aromatic amines is 1. The first kappa shape index (κ1) is 21.0. The Hall–Kier alpha value is -2.34. The Balaban J connectivity index is 0.00000261. The molecule has 0 unspecified atom stereocenters. The van der Waals surface area contributed by atoms with Crippen molar-refractivity contribution < 1.29 is 4.79 Å².